The molecule has 3 N–H and O–H groups in total. The SMILES string of the molecule is N[C@H]1CC[C@H](C(=O)N2Cc3ccc(CNC(=O)C4CC4)cc3C2)CC1. The Morgan fingerprint density at radius 3 is 2.40 bits per heavy atom. The van der Waals surface area contributed by atoms with E-state index in [1.54, 1.807) is 0 Å². The highest BCUT2D eigenvalue weighted by atomic mass is 16.2. The summed E-state index contributed by atoms with van der Waals surface area (Å²) in [6.45, 7) is 1.99. The van der Waals surface area contributed by atoms with Crippen LogP contribution in [0.15, 0.2) is 18.2 Å². The van der Waals surface area contributed by atoms with Crippen molar-refractivity contribution in [3.05, 3.63) is 34.9 Å². The second-order valence-electron chi connectivity index (χ2n) is 7.90. The van der Waals surface area contributed by atoms with Crippen LogP contribution in [-0.4, -0.2) is 22.8 Å². The van der Waals surface area contributed by atoms with Crippen molar-refractivity contribution >= 4 is 11.8 Å². The highest BCUT2D eigenvalue weighted by molar-refractivity contribution is 5.81. The molecule has 0 radical (unpaired) electrons. The minimum absolute atomic E-state index is 0.145. The number of hydrogen-bond acceptors (Lipinski definition) is 3. The Hall–Kier alpha value is -1.88. The highest BCUT2D eigenvalue weighted by Crippen LogP contribution is 2.31. The second-order valence-corrected chi connectivity index (χ2v) is 7.90. The van der Waals surface area contributed by atoms with E-state index >= 15 is 0 Å². The van der Waals surface area contributed by atoms with Gasteiger partial charge in [0.05, 0.1) is 0 Å². The number of rotatable bonds is 4. The third-order valence-corrected chi connectivity index (χ3v) is 5.84. The molecule has 1 aliphatic heterocycles. The van der Waals surface area contributed by atoms with E-state index in [4.69, 9.17) is 5.73 Å². The Bertz CT molecular complexity index is 676. The first-order chi connectivity index (χ1) is 12.1. The number of nitrogens with one attached hydrogen (secondary N) is 1. The molecule has 0 bridgehead atoms. The Kier molecular flexibility index (Phi) is 4.50. The molecule has 1 aromatic carbocycles. The van der Waals surface area contributed by atoms with E-state index in [1.807, 2.05) is 4.90 Å². The van der Waals surface area contributed by atoms with Gasteiger partial charge in [0.1, 0.15) is 0 Å². The Morgan fingerprint density at radius 1 is 1.00 bits per heavy atom. The van der Waals surface area contributed by atoms with E-state index in [2.05, 4.69) is 23.5 Å². The fraction of sp³-hybridized carbons (Fsp3) is 0.600. The predicted octanol–water partition coefficient (Wildman–Crippen LogP) is 2.07. The zero-order valence-corrected chi connectivity index (χ0v) is 14.7. The van der Waals surface area contributed by atoms with Crippen molar-refractivity contribution in [1.82, 2.24) is 10.2 Å². The van der Waals surface area contributed by atoms with Gasteiger partial charge < -0.3 is 16.0 Å². The lowest BCUT2D eigenvalue weighted by molar-refractivity contribution is -0.137. The molecule has 4 rings (SSSR count). The van der Waals surface area contributed by atoms with Crippen LogP contribution in [-0.2, 0) is 29.2 Å². The lowest BCUT2D eigenvalue weighted by Gasteiger charge is -2.28. The first kappa shape index (κ1) is 16.6. The van der Waals surface area contributed by atoms with E-state index < -0.39 is 0 Å². The molecular weight excluding hydrogens is 314 g/mol. The lowest BCUT2D eigenvalue weighted by Crippen LogP contribution is -2.36. The lowest BCUT2D eigenvalue weighted by atomic mass is 9.85. The standard InChI is InChI=1S/C20H27N3O2/c21-18-7-5-15(6-8-18)20(25)23-11-16-2-1-13(9-17(16)12-23)10-22-19(24)14-3-4-14/h1-2,9,14-15,18H,3-8,10-12,21H2,(H,22,24)/t15-,18-. The van der Waals surface area contributed by atoms with Gasteiger partial charge in [0, 0.05) is 37.5 Å². The van der Waals surface area contributed by atoms with Gasteiger partial charge in [0.15, 0.2) is 0 Å². The summed E-state index contributed by atoms with van der Waals surface area (Å²) in [7, 11) is 0. The minimum Gasteiger partial charge on any atom is -0.352 e. The van der Waals surface area contributed by atoms with Crippen LogP contribution in [0.4, 0.5) is 0 Å². The smallest absolute Gasteiger partial charge is 0.226 e. The number of nitrogens with two attached hydrogens (primary N) is 1. The van der Waals surface area contributed by atoms with Crippen LogP contribution in [0.3, 0.4) is 0 Å². The number of carbonyl (C=O) groups is 2. The topological polar surface area (TPSA) is 75.4 Å². The van der Waals surface area contributed by atoms with E-state index in [-0.39, 0.29) is 29.7 Å². The number of carbonyl (C=O) groups excluding carboxylic acids is 2. The monoisotopic (exact) mass is 341 g/mol. The molecule has 134 valence electrons. The van der Waals surface area contributed by atoms with Crippen LogP contribution in [0.2, 0.25) is 0 Å². The van der Waals surface area contributed by atoms with Crippen LogP contribution in [0.5, 0.6) is 0 Å². The summed E-state index contributed by atoms with van der Waals surface area (Å²) in [6.07, 6.45) is 5.82. The molecule has 0 atom stereocenters. The van der Waals surface area contributed by atoms with Crippen molar-refractivity contribution in [3.63, 3.8) is 0 Å². The van der Waals surface area contributed by atoms with Gasteiger partial charge in [-0.25, -0.2) is 0 Å². The largest absolute Gasteiger partial charge is 0.352 e. The third kappa shape index (κ3) is 3.71. The Morgan fingerprint density at radius 2 is 1.68 bits per heavy atom. The molecule has 1 heterocycles. The second kappa shape index (κ2) is 6.79. The Labute approximate surface area is 148 Å². The van der Waals surface area contributed by atoms with Crippen LogP contribution >= 0.6 is 0 Å². The van der Waals surface area contributed by atoms with Gasteiger partial charge in [0.25, 0.3) is 0 Å². The van der Waals surface area contributed by atoms with Gasteiger partial charge in [-0.05, 0) is 55.2 Å². The zero-order valence-electron chi connectivity index (χ0n) is 14.7. The maximum absolute atomic E-state index is 12.8. The molecule has 5 heteroatoms. The summed E-state index contributed by atoms with van der Waals surface area (Å²) in [4.78, 5) is 26.5. The number of hydrogen-bond donors (Lipinski definition) is 2. The average Bonchev–Trinajstić information content (AvgIpc) is 3.38. The summed E-state index contributed by atoms with van der Waals surface area (Å²) in [6, 6.07) is 6.60. The van der Waals surface area contributed by atoms with Crippen molar-refractivity contribution in [1.29, 1.82) is 0 Å². The van der Waals surface area contributed by atoms with Crippen LogP contribution in [0.1, 0.15) is 55.2 Å². The van der Waals surface area contributed by atoms with E-state index in [0.717, 1.165) is 44.1 Å². The molecule has 25 heavy (non-hydrogen) atoms. The summed E-state index contributed by atoms with van der Waals surface area (Å²) < 4.78 is 0. The van der Waals surface area contributed by atoms with Crippen molar-refractivity contribution in [2.75, 3.05) is 0 Å². The highest BCUT2D eigenvalue weighted by Gasteiger charge is 2.32. The maximum atomic E-state index is 12.8. The van der Waals surface area contributed by atoms with Gasteiger partial charge >= 0.3 is 0 Å². The van der Waals surface area contributed by atoms with Gasteiger partial charge in [-0.1, -0.05) is 18.2 Å². The fourth-order valence-corrected chi connectivity index (χ4v) is 4.02. The number of benzene rings is 1. The average molecular weight is 341 g/mol. The fourth-order valence-electron chi connectivity index (χ4n) is 4.02. The first-order valence-corrected chi connectivity index (χ1v) is 9.53. The quantitative estimate of drug-likeness (QED) is 0.880. The first-order valence-electron chi connectivity index (χ1n) is 9.53. The van der Waals surface area contributed by atoms with Crippen LogP contribution < -0.4 is 11.1 Å². The van der Waals surface area contributed by atoms with Gasteiger partial charge in [-0.2, -0.15) is 0 Å². The van der Waals surface area contributed by atoms with Crippen molar-refractivity contribution in [3.8, 4) is 0 Å². The molecule has 2 aliphatic carbocycles. The molecule has 5 nitrogen and oxygen atoms in total. The number of amides is 2. The molecule has 2 amide bonds. The molecular formula is C20H27N3O2. The summed E-state index contributed by atoms with van der Waals surface area (Å²) >= 11 is 0. The molecule has 0 unspecified atom stereocenters. The van der Waals surface area contributed by atoms with E-state index in [9.17, 15) is 9.59 Å². The summed E-state index contributed by atoms with van der Waals surface area (Å²) in [5, 5.41) is 3.01. The molecule has 0 saturated heterocycles. The zero-order chi connectivity index (χ0) is 17.4. The number of nitrogens with zero attached hydrogens (tertiary/aromatic N) is 1. The molecule has 2 saturated carbocycles. The maximum Gasteiger partial charge on any atom is 0.226 e. The minimum atomic E-state index is 0.145. The summed E-state index contributed by atoms with van der Waals surface area (Å²) in [5.41, 5.74) is 9.53. The molecule has 0 aromatic heterocycles. The van der Waals surface area contributed by atoms with Crippen molar-refractivity contribution in [2.45, 2.75) is 64.2 Å². The van der Waals surface area contributed by atoms with Gasteiger partial charge in [-0.3, -0.25) is 9.59 Å². The Balaban J connectivity index is 1.35. The molecule has 2 fully saturated rings. The van der Waals surface area contributed by atoms with E-state index in [0.29, 0.717) is 19.6 Å². The third-order valence-electron chi connectivity index (χ3n) is 5.84. The van der Waals surface area contributed by atoms with Crippen molar-refractivity contribution in [2.24, 2.45) is 17.6 Å². The van der Waals surface area contributed by atoms with Gasteiger partial charge in [-0.15, -0.1) is 0 Å². The van der Waals surface area contributed by atoms with E-state index in [1.165, 1.54) is 11.1 Å². The van der Waals surface area contributed by atoms with Crippen LogP contribution in [0, 0.1) is 11.8 Å². The number of fused-ring (bicyclic) bond motifs is 1. The predicted molar refractivity (Wildman–Crippen MR) is 95.2 cm³/mol. The van der Waals surface area contributed by atoms with Crippen LogP contribution in [0.25, 0.3) is 0 Å². The van der Waals surface area contributed by atoms with Crippen molar-refractivity contribution < 1.29 is 9.59 Å². The van der Waals surface area contributed by atoms with Gasteiger partial charge in [0.2, 0.25) is 11.8 Å². The molecule has 1 aromatic rings. The normalized spacial score (nSPS) is 25.6. The summed E-state index contributed by atoms with van der Waals surface area (Å²) in [5.74, 6) is 0.844. The molecule has 0 spiro atoms. The molecule has 3 aliphatic rings.